The first-order chi connectivity index (χ1) is 18.0. The van der Waals surface area contributed by atoms with Crippen molar-refractivity contribution in [3.05, 3.63) is 65.7 Å². The molecule has 0 aliphatic heterocycles. The first-order valence-corrected chi connectivity index (χ1v) is 12.4. The summed E-state index contributed by atoms with van der Waals surface area (Å²) in [5.41, 5.74) is 7.89. The zero-order valence-corrected chi connectivity index (χ0v) is 20.8. The molecule has 6 aromatic rings. The number of ether oxygens (including phenoxy) is 1. The minimum Gasteiger partial charge on any atom is -0.494 e. The molecule has 0 spiro atoms. The summed E-state index contributed by atoms with van der Waals surface area (Å²) in [6.45, 7) is 4.88. The predicted octanol–water partition coefficient (Wildman–Crippen LogP) is 4.91. The molecule has 0 atom stereocenters. The molecule has 9 nitrogen and oxygen atoms in total. The third-order valence-corrected chi connectivity index (χ3v) is 7.31. The minimum absolute atomic E-state index is 0.517. The maximum Gasteiger partial charge on any atom is 0.161 e. The van der Waals surface area contributed by atoms with Crippen LogP contribution in [0.2, 0.25) is 0 Å². The van der Waals surface area contributed by atoms with Crippen LogP contribution in [0.1, 0.15) is 34.6 Å². The Morgan fingerprint density at radius 3 is 2.76 bits per heavy atom. The second-order valence-electron chi connectivity index (χ2n) is 9.81. The van der Waals surface area contributed by atoms with Gasteiger partial charge in [-0.2, -0.15) is 5.10 Å². The lowest BCUT2D eigenvalue weighted by molar-refractivity contribution is 0.112. The molecule has 0 N–H and O–H groups in total. The van der Waals surface area contributed by atoms with Crippen LogP contribution < -0.4 is 4.74 Å². The lowest BCUT2D eigenvalue weighted by atomic mass is 10.1. The Morgan fingerprint density at radius 2 is 1.97 bits per heavy atom. The van der Waals surface area contributed by atoms with E-state index in [0.717, 1.165) is 69.1 Å². The highest BCUT2D eigenvalue weighted by atomic mass is 16.5. The molecule has 0 radical (unpaired) electrons. The van der Waals surface area contributed by atoms with Gasteiger partial charge >= 0.3 is 0 Å². The molecular formula is C28H25N7O2. The van der Waals surface area contributed by atoms with Gasteiger partial charge in [0.15, 0.2) is 11.9 Å². The number of rotatable bonds is 6. The van der Waals surface area contributed by atoms with Crippen molar-refractivity contribution < 1.29 is 9.53 Å². The van der Waals surface area contributed by atoms with Crippen LogP contribution >= 0.6 is 0 Å². The average molecular weight is 492 g/mol. The quantitative estimate of drug-likeness (QED) is 0.308. The van der Waals surface area contributed by atoms with Crippen LogP contribution in [0.25, 0.3) is 44.8 Å². The van der Waals surface area contributed by atoms with E-state index in [9.17, 15) is 4.79 Å². The Hall–Kier alpha value is -4.53. The number of carbonyl (C=O) groups is 1. The monoisotopic (exact) mass is 491 g/mol. The number of fused-ring (bicyclic) bond motifs is 3. The molecule has 1 fully saturated rings. The highest BCUT2D eigenvalue weighted by Crippen LogP contribution is 2.38. The fourth-order valence-corrected chi connectivity index (χ4v) is 5.17. The SMILES string of the molecule is COc1cc(C=O)cn2nc(-c3cc4ccc(-c5ccn6c(C)nnc6c5)nc4n3CC3CC3)c(C)c12. The number of aromatic nitrogens is 7. The molecule has 0 saturated heterocycles. The average Bonchev–Trinajstić information content (AvgIpc) is 3.45. The molecule has 6 aromatic heterocycles. The summed E-state index contributed by atoms with van der Waals surface area (Å²) in [5, 5.41) is 14.4. The zero-order chi connectivity index (χ0) is 25.3. The van der Waals surface area contributed by atoms with Crippen LogP contribution in [0.5, 0.6) is 5.75 Å². The van der Waals surface area contributed by atoms with Crippen molar-refractivity contribution in [2.75, 3.05) is 7.11 Å². The van der Waals surface area contributed by atoms with E-state index in [1.165, 1.54) is 12.8 Å². The van der Waals surface area contributed by atoms with Crippen molar-refractivity contribution in [1.29, 1.82) is 0 Å². The van der Waals surface area contributed by atoms with Gasteiger partial charge < -0.3 is 9.30 Å². The van der Waals surface area contributed by atoms with Crippen molar-refractivity contribution >= 4 is 28.5 Å². The molecule has 1 aliphatic rings. The second kappa shape index (κ2) is 7.99. The molecule has 0 bridgehead atoms. The van der Waals surface area contributed by atoms with Crippen LogP contribution in [-0.2, 0) is 6.54 Å². The summed E-state index contributed by atoms with van der Waals surface area (Å²) in [6, 6.07) is 12.2. The summed E-state index contributed by atoms with van der Waals surface area (Å²) in [6.07, 6.45) is 6.99. The molecule has 1 aliphatic carbocycles. The molecule has 6 heterocycles. The fraction of sp³-hybridized carbons (Fsp3) is 0.250. The third-order valence-electron chi connectivity index (χ3n) is 7.31. The number of carbonyl (C=O) groups excluding carboxylic acids is 1. The van der Waals surface area contributed by atoms with Crippen LogP contribution in [0.3, 0.4) is 0 Å². The van der Waals surface area contributed by atoms with Gasteiger partial charge in [-0.15, -0.1) is 10.2 Å². The summed E-state index contributed by atoms with van der Waals surface area (Å²) in [4.78, 5) is 16.6. The van der Waals surface area contributed by atoms with Crippen molar-refractivity contribution in [2.45, 2.75) is 33.2 Å². The van der Waals surface area contributed by atoms with E-state index in [1.54, 1.807) is 23.9 Å². The molecule has 184 valence electrons. The van der Waals surface area contributed by atoms with Crippen LogP contribution in [0.4, 0.5) is 0 Å². The molecule has 37 heavy (non-hydrogen) atoms. The van der Waals surface area contributed by atoms with Gasteiger partial charge in [0.05, 0.1) is 18.5 Å². The van der Waals surface area contributed by atoms with Gasteiger partial charge in [-0.25, -0.2) is 9.50 Å². The van der Waals surface area contributed by atoms with Gasteiger partial charge in [0.1, 0.15) is 28.4 Å². The third kappa shape index (κ3) is 3.41. The van der Waals surface area contributed by atoms with Gasteiger partial charge in [-0.1, -0.05) is 0 Å². The van der Waals surface area contributed by atoms with Crippen LogP contribution in [0.15, 0.2) is 48.8 Å². The minimum atomic E-state index is 0.517. The molecule has 0 aromatic carbocycles. The number of methoxy groups -OCH3 is 1. The summed E-state index contributed by atoms with van der Waals surface area (Å²) >= 11 is 0. The zero-order valence-electron chi connectivity index (χ0n) is 20.8. The van der Waals surface area contributed by atoms with E-state index < -0.39 is 0 Å². The maximum absolute atomic E-state index is 11.5. The second-order valence-corrected chi connectivity index (χ2v) is 9.81. The van der Waals surface area contributed by atoms with Gasteiger partial charge in [0.2, 0.25) is 0 Å². The first kappa shape index (κ1) is 21.7. The lowest BCUT2D eigenvalue weighted by Gasteiger charge is -2.10. The van der Waals surface area contributed by atoms with Crippen LogP contribution in [-0.4, -0.2) is 47.2 Å². The van der Waals surface area contributed by atoms with E-state index in [0.29, 0.717) is 17.2 Å². The normalized spacial score (nSPS) is 13.7. The summed E-state index contributed by atoms with van der Waals surface area (Å²) < 4.78 is 11.6. The Balaban J connectivity index is 1.42. The Labute approximate surface area is 212 Å². The number of aryl methyl sites for hydroxylation is 2. The molecule has 1 saturated carbocycles. The summed E-state index contributed by atoms with van der Waals surface area (Å²) in [7, 11) is 1.61. The van der Waals surface area contributed by atoms with Gasteiger partial charge in [-0.05, 0) is 69.0 Å². The van der Waals surface area contributed by atoms with Gasteiger partial charge in [0.25, 0.3) is 0 Å². The molecule has 7 rings (SSSR count). The predicted molar refractivity (Wildman–Crippen MR) is 140 cm³/mol. The fourth-order valence-electron chi connectivity index (χ4n) is 5.17. The highest BCUT2D eigenvalue weighted by molar-refractivity contribution is 5.88. The van der Waals surface area contributed by atoms with E-state index in [-0.39, 0.29) is 0 Å². The topological polar surface area (TPSA) is 91.6 Å². The van der Waals surface area contributed by atoms with E-state index in [1.807, 2.05) is 23.6 Å². The van der Waals surface area contributed by atoms with Crippen molar-refractivity contribution in [3.8, 4) is 28.4 Å². The Bertz CT molecular complexity index is 1860. The number of nitrogens with zero attached hydrogens (tertiary/aromatic N) is 7. The maximum atomic E-state index is 11.5. The molecule has 9 heteroatoms. The van der Waals surface area contributed by atoms with E-state index in [4.69, 9.17) is 14.8 Å². The molecular weight excluding hydrogens is 466 g/mol. The molecule has 0 unspecified atom stereocenters. The lowest BCUT2D eigenvalue weighted by Crippen LogP contribution is -2.04. The van der Waals surface area contributed by atoms with Crippen LogP contribution in [0, 0.1) is 19.8 Å². The van der Waals surface area contributed by atoms with E-state index >= 15 is 0 Å². The van der Waals surface area contributed by atoms with Crippen molar-refractivity contribution in [2.24, 2.45) is 5.92 Å². The summed E-state index contributed by atoms with van der Waals surface area (Å²) in [5.74, 6) is 2.13. The van der Waals surface area contributed by atoms with E-state index in [2.05, 4.69) is 46.0 Å². The largest absolute Gasteiger partial charge is 0.494 e. The number of hydrogen-bond acceptors (Lipinski definition) is 6. The Morgan fingerprint density at radius 1 is 1.11 bits per heavy atom. The smallest absolute Gasteiger partial charge is 0.161 e. The van der Waals surface area contributed by atoms with Gasteiger partial charge in [-0.3, -0.25) is 9.20 Å². The highest BCUT2D eigenvalue weighted by Gasteiger charge is 2.27. The Kier molecular flexibility index (Phi) is 4.69. The number of pyridine rings is 3. The van der Waals surface area contributed by atoms with Crippen molar-refractivity contribution in [1.82, 2.24) is 33.8 Å². The standard InChI is InChI=1S/C28H25N7O2/c1-16-26(32-35-14-19(15-36)10-24(37-3)27(16)35)23-11-21-6-7-22(29-28(21)34(23)13-18-4-5-18)20-8-9-33-17(2)30-31-25(33)12-20/h6-12,14-15,18H,4-5,13H2,1-3H3. The van der Waals surface area contributed by atoms with Gasteiger partial charge in [0, 0.05) is 41.0 Å². The molecule has 0 amide bonds. The first-order valence-electron chi connectivity index (χ1n) is 12.4. The number of aldehydes is 1. The van der Waals surface area contributed by atoms with Crippen molar-refractivity contribution in [3.63, 3.8) is 0 Å². The number of hydrogen-bond donors (Lipinski definition) is 0.